The highest BCUT2D eigenvalue weighted by atomic mass is 19.1. The molecule has 1 saturated carbocycles. The number of hydrogen-bond donors (Lipinski definition) is 2. The van der Waals surface area contributed by atoms with Crippen LogP contribution in [0.15, 0.2) is 18.2 Å². The van der Waals surface area contributed by atoms with E-state index >= 15 is 0 Å². The number of hydrogen-bond acceptors (Lipinski definition) is 3. The Balaban J connectivity index is 1.87. The van der Waals surface area contributed by atoms with Crippen LogP contribution in [0, 0.1) is 11.7 Å². The number of methoxy groups -OCH3 is 1. The summed E-state index contributed by atoms with van der Waals surface area (Å²) in [5.74, 6) is 0.0259. The molecule has 0 saturated heterocycles. The number of aryl methyl sites for hydroxylation is 1. The number of benzene rings is 1. The third-order valence-electron chi connectivity index (χ3n) is 4.09. The van der Waals surface area contributed by atoms with Gasteiger partial charge in [-0.05, 0) is 49.8 Å². The Kier molecular flexibility index (Phi) is 4.83. The molecule has 1 aromatic carbocycles. The van der Waals surface area contributed by atoms with E-state index in [2.05, 4.69) is 5.32 Å². The summed E-state index contributed by atoms with van der Waals surface area (Å²) in [5, 5.41) is 12.4. The molecule has 1 aliphatic carbocycles. The fraction of sp³-hybridized carbons (Fsp3) is 0.562. The van der Waals surface area contributed by atoms with Crippen molar-refractivity contribution in [3.63, 3.8) is 0 Å². The van der Waals surface area contributed by atoms with Crippen molar-refractivity contribution in [1.29, 1.82) is 0 Å². The molecular formula is C16H22FNO3. The molecule has 1 fully saturated rings. The minimum absolute atomic E-state index is 0.0550. The average Bonchev–Trinajstić information content (AvgIpc) is 3.30. The standard InChI is InChI=1S/C16H22FNO3/c1-16(10-19,12-5-6-12)18-15(20)8-4-11-3-7-14(21-2)13(17)9-11/h3,7,9,12,19H,4-6,8,10H2,1-2H3,(H,18,20). The zero-order chi connectivity index (χ0) is 15.5. The fourth-order valence-electron chi connectivity index (χ4n) is 2.50. The molecule has 5 heteroatoms. The van der Waals surface area contributed by atoms with E-state index in [1.165, 1.54) is 13.2 Å². The molecule has 0 heterocycles. The summed E-state index contributed by atoms with van der Waals surface area (Å²) in [6, 6.07) is 4.70. The smallest absolute Gasteiger partial charge is 0.220 e. The molecule has 1 atom stereocenters. The lowest BCUT2D eigenvalue weighted by Crippen LogP contribution is -2.50. The van der Waals surface area contributed by atoms with E-state index in [4.69, 9.17) is 4.74 Å². The van der Waals surface area contributed by atoms with Gasteiger partial charge in [-0.15, -0.1) is 0 Å². The van der Waals surface area contributed by atoms with Crippen LogP contribution in [0.4, 0.5) is 4.39 Å². The van der Waals surface area contributed by atoms with Crippen molar-refractivity contribution >= 4 is 5.91 Å². The van der Waals surface area contributed by atoms with Gasteiger partial charge in [-0.25, -0.2) is 4.39 Å². The van der Waals surface area contributed by atoms with Crippen molar-refractivity contribution in [3.8, 4) is 5.75 Å². The van der Waals surface area contributed by atoms with Gasteiger partial charge >= 0.3 is 0 Å². The van der Waals surface area contributed by atoms with Gasteiger partial charge in [0.15, 0.2) is 11.6 Å². The molecule has 1 amide bonds. The maximum atomic E-state index is 13.6. The zero-order valence-corrected chi connectivity index (χ0v) is 12.5. The van der Waals surface area contributed by atoms with Crippen LogP contribution in [0.1, 0.15) is 31.7 Å². The second-order valence-corrected chi connectivity index (χ2v) is 5.87. The van der Waals surface area contributed by atoms with Gasteiger partial charge in [0.2, 0.25) is 5.91 Å². The lowest BCUT2D eigenvalue weighted by Gasteiger charge is -2.28. The van der Waals surface area contributed by atoms with E-state index in [0.29, 0.717) is 12.3 Å². The molecule has 0 radical (unpaired) electrons. The Morgan fingerprint density at radius 2 is 2.24 bits per heavy atom. The Labute approximate surface area is 124 Å². The first-order valence-electron chi connectivity index (χ1n) is 7.23. The molecule has 21 heavy (non-hydrogen) atoms. The van der Waals surface area contributed by atoms with Crippen LogP contribution in [0.5, 0.6) is 5.75 Å². The van der Waals surface area contributed by atoms with Crippen LogP contribution in [0.2, 0.25) is 0 Å². The van der Waals surface area contributed by atoms with E-state index in [0.717, 1.165) is 18.4 Å². The molecule has 1 aromatic rings. The first kappa shape index (κ1) is 15.8. The molecule has 2 N–H and O–H groups in total. The maximum Gasteiger partial charge on any atom is 0.220 e. The quantitative estimate of drug-likeness (QED) is 0.809. The summed E-state index contributed by atoms with van der Waals surface area (Å²) in [4.78, 5) is 12.0. The van der Waals surface area contributed by atoms with Crippen LogP contribution in [0.3, 0.4) is 0 Å². The molecular weight excluding hydrogens is 273 g/mol. The monoisotopic (exact) mass is 295 g/mol. The molecule has 2 rings (SSSR count). The minimum Gasteiger partial charge on any atom is -0.494 e. The minimum atomic E-state index is -0.526. The first-order valence-corrected chi connectivity index (χ1v) is 7.23. The number of nitrogens with one attached hydrogen (secondary N) is 1. The van der Waals surface area contributed by atoms with Gasteiger partial charge in [0.25, 0.3) is 0 Å². The molecule has 1 unspecified atom stereocenters. The maximum absolute atomic E-state index is 13.6. The number of halogens is 1. The molecule has 0 aromatic heterocycles. The highest BCUT2D eigenvalue weighted by Crippen LogP contribution is 2.39. The number of amides is 1. The Morgan fingerprint density at radius 3 is 2.76 bits per heavy atom. The lowest BCUT2D eigenvalue weighted by atomic mass is 9.96. The molecule has 0 bridgehead atoms. The van der Waals surface area contributed by atoms with Crippen molar-refractivity contribution in [2.45, 2.75) is 38.1 Å². The van der Waals surface area contributed by atoms with Gasteiger partial charge in [-0.3, -0.25) is 4.79 Å². The molecule has 0 aliphatic heterocycles. The van der Waals surface area contributed by atoms with Crippen molar-refractivity contribution < 1.29 is 19.0 Å². The third kappa shape index (κ3) is 3.94. The van der Waals surface area contributed by atoms with E-state index in [1.807, 2.05) is 6.92 Å². The van der Waals surface area contributed by atoms with E-state index in [9.17, 15) is 14.3 Å². The van der Waals surface area contributed by atoms with Gasteiger partial charge in [-0.2, -0.15) is 0 Å². The Morgan fingerprint density at radius 1 is 1.52 bits per heavy atom. The van der Waals surface area contributed by atoms with E-state index < -0.39 is 11.4 Å². The second-order valence-electron chi connectivity index (χ2n) is 5.87. The summed E-state index contributed by atoms with van der Waals surface area (Å²) in [6.07, 6.45) is 2.81. The molecule has 1 aliphatic rings. The summed E-state index contributed by atoms with van der Waals surface area (Å²) >= 11 is 0. The molecule has 4 nitrogen and oxygen atoms in total. The Hall–Kier alpha value is -1.62. The summed E-state index contributed by atoms with van der Waals surface area (Å²) in [7, 11) is 1.42. The number of carbonyl (C=O) groups excluding carboxylic acids is 1. The van der Waals surface area contributed by atoms with E-state index in [-0.39, 0.29) is 24.7 Å². The number of aliphatic hydroxyl groups is 1. The number of carbonyl (C=O) groups is 1. The van der Waals surface area contributed by atoms with Crippen LogP contribution in [0.25, 0.3) is 0 Å². The van der Waals surface area contributed by atoms with Gasteiger partial charge in [0.1, 0.15) is 0 Å². The number of rotatable bonds is 7. The van der Waals surface area contributed by atoms with Crippen LogP contribution in [-0.4, -0.2) is 30.3 Å². The second kappa shape index (κ2) is 6.43. The summed E-state index contributed by atoms with van der Waals surface area (Å²) < 4.78 is 18.4. The predicted molar refractivity (Wildman–Crippen MR) is 77.6 cm³/mol. The van der Waals surface area contributed by atoms with E-state index in [1.54, 1.807) is 12.1 Å². The van der Waals surface area contributed by atoms with Crippen LogP contribution < -0.4 is 10.1 Å². The topological polar surface area (TPSA) is 58.6 Å². The lowest BCUT2D eigenvalue weighted by molar-refractivity contribution is -0.123. The van der Waals surface area contributed by atoms with Gasteiger partial charge < -0.3 is 15.2 Å². The largest absolute Gasteiger partial charge is 0.494 e. The van der Waals surface area contributed by atoms with Crippen molar-refractivity contribution in [2.75, 3.05) is 13.7 Å². The van der Waals surface area contributed by atoms with Gasteiger partial charge in [0.05, 0.1) is 19.3 Å². The molecule has 116 valence electrons. The van der Waals surface area contributed by atoms with Crippen LogP contribution >= 0.6 is 0 Å². The zero-order valence-electron chi connectivity index (χ0n) is 12.5. The van der Waals surface area contributed by atoms with Crippen molar-refractivity contribution in [1.82, 2.24) is 5.32 Å². The third-order valence-corrected chi connectivity index (χ3v) is 4.09. The normalized spacial score (nSPS) is 17.1. The predicted octanol–water partition coefficient (Wildman–Crippen LogP) is 2.04. The first-order chi connectivity index (χ1) is 9.98. The number of ether oxygens (including phenoxy) is 1. The SMILES string of the molecule is COc1ccc(CCC(=O)NC(C)(CO)C2CC2)cc1F. The Bertz CT molecular complexity index is 516. The van der Waals surface area contributed by atoms with Crippen molar-refractivity contribution in [3.05, 3.63) is 29.6 Å². The van der Waals surface area contributed by atoms with Crippen LogP contribution in [-0.2, 0) is 11.2 Å². The summed E-state index contributed by atoms with van der Waals surface area (Å²) in [5.41, 5.74) is 0.225. The fourth-order valence-corrected chi connectivity index (χ4v) is 2.50. The average molecular weight is 295 g/mol. The summed E-state index contributed by atoms with van der Waals surface area (Å²) in [6.45, 7) is 1.82. The van der Waals surface area contributed by atoms with Crippen molar-refractivity contribution in [2.24, 2.45) is 5.92 Å². The highest BCUT2D eigenvalue weighted by molar-refractivity contribution is 5.77. The highest BCUT2D eigenvalue weighted by Gasteiger charge is 2.41. The van der Waals surface area contributed by atoms with Gasteiger partial charge in [-0.1, -0.05) is 6.07 Å². The van der Waals surface area contributed by atoms with Gasteiger partial charge in [0, 0.05) is 6.42 Å². The molecule has 0 spiro atoms. The number of aliphatic hydroxyl groups excluding tert-OH is 1.